The smallest absolute Gasteiger partial charge is 0.355 e. The van der Waals surface area contributed by atoms with E-state index >= 15 is 0 Å². The van der Waals surface area contributed by atoms with Gasteiger partial charge in [-0.05, 0) is 43.0 Å². The predicted molar refractivity (Wildman–Crippen MR) is 104 cm³/mol. The van der Waals surface area contributed by atoms with Crippen LogP contribution in [-0.2, 0) is 25.7 Å². The third-order valence-corrected chi connectivity index (χ3v) is 6.71. The van der Waals surface area contributed by atoms with Crippen LogP contribution in [-0.4, -0.2) is 53.3 Å². The highest BCUT2D eigenvalue weighted by Crippen LogP contribution is 2.43. The number of ether oxygens (including phenoxy) is 3. The number of benzene rings is 1. The second-order valence-electron chi connectivity index (χ2n) is 7.25. The zero-order valence-electron chi connectivity index (χ0n) is 15.9. The van der Waals surface area contributed by atoms with Gasteiger partial charge in [-0.2, -0.15) is 0 Å². The molecule has 0 radical (unpaired) electrons. The van der Waals surface area contributed by atoms with Crippen molar-refractivity contribution in [1.82, 2.24) is 4.90 Å². The third kappa shape index (κ3) is 3.40. The van der Waals surface area contributed by atoms with Crippen LogP contribution in [0.1, 0.15) is 25.3 Å². The van der Waals surface area contributed by atoms with E-state index in [0.29, 0.717) is 11.4 Å². The van der Waals surface area contributed by atoms with Crippen LogP contribution in [0.2, 0.25) is 0 Å². The van der Waals surface area contributed by atoms with Gasteiger partial charge in [0.15, 0.2) is 0 Å². The molecular formula is C20H24N2O5S. The molecule has 0 aromatic heterocycles. The number of nitrogens with two attached hydrogens (primary N) is 1. The van der Waals surface area contributed by atoms with Gasteiger partial charge in [-0.1, -0.05) is 12.1 Å². The van der Waals surface area contributed by atoms with Gasteiger partial charge in [0.2, 0.25) is 5.91 Å². The standard InChI is InChI=1S/C20H24N2O5S/c1-11-3-8-15(27-11)14-10-28-19-16(21)18(23)22(19)17(14)20(24)26-9-12-4-6-13(25-2)7-5-12/h4-7,11,15-16,19H,3,8-10,21H2,1-2H3/t11-,15-,16+,19+/m0/s1. The summed E-state index contributed by atoms with van der Waals surface area (Å²) in [7, 11) is 1.60. The van der Waals surface area contributed by atoms with Crippen molar-refractivity contribution in [3.8, 4) is 5.75 Å². The topological polar surface area (TPSA) is 91.1 Å². The van der Waals surface area contributed by atoms with E-state index in [1.807, 2.05) is 31.2 Å². The van der Waals surface area contributed by atoms with Gasteiger partial charge < -0.3 is 19.9 Å². The van der Waals surface area contributed by atoms with Crippen LogP contribution in [0.3, 0.4) is 0 Å². The Morgan fingerprint density at radius 1 is 1.32 bits per heavy atom. The number of fused-ring (bicyclic) bond motifs is 1. The first kappa shape index (κ1) is 19.3. The SMILES string of the molecule is COc1ccc(COC(=O)C2=C([C@@H]3CC[C@H](C)O3)CS[C@@H]3[C@H](N)C(=O)N23)cc1. The van der Waals surface area contributed by atoms with Crippen LogP contribution in [0.5, 0.6) is 5.75 Å². The van der Waals surface area contributed by atoms with Gasteiger partial charge in [0.05, 0.1) is 19.3 Å². The fraction of sp³-hybridized carbons (Fsp3) is 0.500. The number of β-lactam (4-membered cyclic amide) rings is 1. The van der Waals surface area contributed by atoms with Gasteiger partial charge in [-0.25, -0.2) is 4.79 Å². The largest absolute Gasteiger partial charge is 0.497 e. The lowest BCUT2D eigenvalue weighted by atomic mass is 9.99. The lowest BCUT2D eigenvalue weighted by Crippen LogP contribution is -2.68. The lowest BCUT2D eigenvalue weighted by molar-refractivity contribution is -0.151. The fourth-order valence-corrected chi connectivity index (χ4v) is 5.13. The Labute approximate surface area is 168 Å². The van der Waals surface area contributed by atoms with Crippen molar-refractivity contribution >= 4 is 23.6 Å². The molecule has 0 bridgehead atoms. The number of methoxy groups -OCH3 is 1. The molecule has 4 rings (SSSR count). The third-order valence-electron chi connectivity index (χ3n) is 5.38. The van der Waals surface area contributed by atoms with E-state index in [-0.39, 0.29) is 30.1 Å². The average Bonchev–Trinajstić information content (AvgIpc) is 3.16. The molecule has 8 heteroatoms. The summed E-state index contributed by atoms with van der Waals surface area (Å²) in [6.07, 6.45) is 1.76. The number of hydrogen-bond acceptors (Lipinski definition) is 7. The van der Waals surface area contributed by atoms with Gasteiger partial charge in [0.25, 0.3) is 0 Å². The molecule has 0 spiro atoms. The number of rotatable bonds is 5. The molecule has 2 N–H and O–H groups in total. The first-order chi connectivity index (χ1) is 13.5. The number of carbonyl (C=O) groups excluding carboxylic acids is 2. The Morgan fingerprint density at radius 2 is 2.07 bits per heavy atom. The number of esters is 1. The molecule has 1 amide bonds. The monoisotopic (exact) mass is 404 g/mol. The van der Waals surface area contributed by atoms with Crippen molar-refractivity contribution in [2.45, 2.75) is 50.0 Å². The first-order valence-electron chi connectivity index (χ1n) is 9.38. The van der Waals surface area contributed by atoms with E-state index < -0.39 is 12.0 Å². The van der Waals surface area contributed by atoms with E-state index in [1.54, 1.807) is 18.9 Å². The molecule has 7 nitrogen and oxygen atoms in total. The molecule has 3 aliphatic rings. The summed E-state index contributed by atoms with van der Waals surface area (Å²) in [5.74, 6) is 0.614. The molecule has 3 heterocycles. The number of carbonyl (C=O) groups is 2. The first-order valence-corrected chi connectivity index (χ1v) is 10.4. The Balaban J connectivity index is 1.55. The van der Waals surface area contributed by atoms with Crippen LogP contribution in [0.15, 0.2) is 35.5 Å². The maximum atomic E-state index is 13.0. The fourth-order valence-electron chi connectivity index (χ4n) is 3.77. The number of amides is 1. The minimum Gasteiger partial charge on any atom is -0.497 e. The van der Waals surface area contributed by atoms with Crippen molar-refractivity contribution < 1.29 is 23.8 Å². The molecule has 3 aliphatic heterocycles. The summed E-state index contributed by atoms with van der Waals surface area (Å²) >= 11 is 1.58. The van der Waals surface area contributed by atoms with Crippen LogP contribution in [0.25, 0.3) is 0 Å². The summed E-state index contributed by atoms with van der Waals surface area (Å²) in [4.78, 5) is 26.8. The zero-order chi connectivity index (χ0) is 19.8. The van der Waals surface area contributed by atoms with Gasteiger partial charge in [-0.3, -0.25) is 9.69 Å². The van der Waals surface area contributed by atoms with E-state index in [4.69, 9.17) is 19.9 Å². The number of thioether (sulfide) groups is 1. The van der Waals surface area contributed by atoms with Crippen LogP contribution in [0, 0.1) is 0 Å². The summed E-state index contributed by atoms with van der Waals surface area (Å²) in [6.45, 7) is 2.14. The van der Waals surface area contributed by atoms with Crippen LogP contribution < -0.4 is 10.5 Å². The van der Waals surface area contributed by atoms with Gasteiger partial charge in [-0.15, -0.1) is 11.8 Å². The summed E-state index contributed by atoms with van der Waals surface area (Å²) < 4.78 is 16.7. The molecule has 1 aromatic carbocycles. The molecule has 28 heavy (non-hydrogen) atoms. The number of hydrogen-bond donors (Lipinski definition) is 1. The lowest BCUT2D eigenvalue weighted by Gasteiger charge is -2.48. The van der Waals surface area contributed by atoms with Gasteiger partial charge in [0.1, 0.15) is 29.5 Å². The van der Waals surface area contributed by atoms with E-state index in [1.165, 1.54) is 4.90 Å². The molecule has 2 saturated heterocycles. The van der Waals surface area contributed by atoms with Crippen molar-refractivity contribution in [3.63, 3.8) is 0 Å². The average molecular weight is 404 g/mol. The van der Waals surface area contributed by atoms with Crippen molar-refractivity contribution in [3.05, 3.63) is 41.1 Å². The predicted octanol–water partition coefficient (Wildman–Crippen LogP) is 1.80. The highest BCUT2D eigenvalue weighted by atomic mass is 32.2. The highest BCUT2D eigenvalue weighted by molar-refractivity contribution is 8.00. The van der Waals surface area contributed by atoms with Crippen LogP contribution >= 0.6 is 11.8 Å². The summed E-state index contributed by atoms with van der Waals surface area (Å²) in [5.41, 5.74) is 7.93. The quantitative estimate of drug-likeness (QED) is 0.591. The molecule has 2 fully saturated rings. The normalized spacial score (nSPS) is 29.4. The number of nitrogens with zero attached hydrogens (tertiary/aromatic N) is 1. The minimum absolute atomic E-state index is 0.118. The van der Waals surface area contributed by atoms with E-state index in [0.717, 1.165) is 29.7 Å². The summed E-state index contributed by atoms with van der Waals surface area (Å²) in [6, 6.07) is 6.74. The molecule has 1 aromatic rings. The molecular weight excluding hydrogens is 380 g/mol. The Kier molecular flexibility index (Phi) is 5.35. The van der Waals surface area contributed by atoms with Crippen molar-refractivity contribution in [1.29, 1.82) is 0 Å². The van der Waals surface area contributed by atoms with Crippen LogP contribution in [0.4, 0.5) is 0 Å². The zero-order valence-corrected chi connectivity index (χ0v) is 16.7. The van der Waals surface area contributed by atoms with Crippen molar-refractivity contribution in [2.24, 2.45) is 5.73 Å². The van der Waals surface area contributed by atoms with Gasteiger partial charge in [0, 0.05) is 5.75 Å². The maximum Gasteiger partial charge on any atom is 0.355 e. The van der Waals surface area contributed by atoms with E-state index in [9.17, 15) is 9.59 Å². The Morgan fingerprint density at radius 3 is 2.71 bits per heavy atom. The molecule has 0 unspecified atom stereocenters. The molecule has 0 aliphatic carbocycles. The van der Waals surface area contributed by atoms with Gasteiger partial charge >= 0.3 is 5.97 Å². The molecule has 4 atom stereocenters. The van der Waals surface area contributed by atoms with Crippen molar-refractivity contribution in [2.75, 3.05) is 12.9 Å². The maximum absolute atomic E-state index is 13.0. The molecule has 0 saturated carbocycles. The second-order valence-corrected chi connectivity index (χ2v) is 8.35. The highest BCUT2D eigenvalue weighted by Gasteiger charge is 2.53. The minimum atomic E-state index is -0.570. The Hall–Kier alpha value is -2.03. The Bertz CT molecular complexity index is 809. The van der Waals surface area contributed by atoms with E-state index in [2.05, 4.69) is 0 Å². The molecule has 150 valence electrons. The summed E-state index contributed by atoms with van der Waals surface area (Å²) in [5, 5.41) is -0.210. The second kappa shape index (κ2) is 7.77.